The van der Waals surface area contributed by atoms with Crippen LogP contribution >= 0.6 is 0 Å². The molecule has 3 heterocycles. The van der Waals surface area contributed by atoms with E-state index in [9.17, 15) is 9.59 Å². The quantitative estimate of drug-likeness (QED) is 0.901. The van der Waals surface area contributed by atoms with E-state index in [0.717, 1.165) is 43.1 Å². The fraction of sp³-hybridized carbons (Fsp3) is 0.474. The van der Waals surface area contributed by atoms with Gasteiger partial charge in [0, 0.05) is 44.5 Å². The van der Waals surface area contributed by atoms with E-state index in [-0.39, 0.29) is 11.5 Å². The van der Waals surface area contributed by atoms with Crippen molar-refractivity contribution in [2.24, 2.45) is 0 Å². The van der Waals surface area contributed by atoms with Gasteiger partial charge in [0.05, 0.1) is 17.0 Å². The van der Waals surface area contributed by atoms with Crippen molar-refractivity contribution in [1.29, 1.82) is 0 Å². The van der Waals surface area contributed by atoms with Gasteiger partial charge in [-0.15, -0.1) is 0 Å². The number of pyridine rings is 1. The molecule has 3 rings (SSSR count). The van der Waals surface area contributed by atoms with Crippen LogP contribution in [0, 0.1) is 20.8 Å². The van der Waals surface area contributed by atoms with E-state index < -0.39 is 0 Å². The molecule has 0 unspecified atom stereocenters. The van der Waals surface area contributed by atoms with Crippen LogP contribution in [0.3, 0.4) is 0 Å². The van der Waals surface area contributed by atoms with Gasteiger partial charge in [0.25, 0.3) is 11.5 Å². The number of amides is 1. The van der Waals surface area contributed by atoms with Gasteiger partial charge in [-0.3, -0.25) is 19.5 Å². The van der Waals surface area contributed by atoms with Crippen LogP contribution in [0.15, 0.2) is 23.0 Å². The Morgan fingerprint density at radius 1 is 1.12 bits per heavy atom. The number of hydrogen-bond donors (Lipinski definition) is 1. The van der Waals surface area contributed by atoms with E-state index >= 15 is 0 Å². The van der Waals surface area contributed by atoms with Crippen molar-refractivity contribution in [3.63, 3.8) is 0 Å². The minimum atomic E-state index is -0.124. The molecule has 1 fully saturated rings. The molecule has 0 saturated carbocycles. The number of carbonyl (C=O) groups is 1. The number of hydrogen-bond acceptors (Lipinski definition) is 5. The third-order valence-corrected chi connectivity index (χ3v) is 4.63. The van der Waals surface area contributed by atoms with Crippen molar-refractivity contribution < 1.29 is 4.79 Å². The number of H-pyrrole nitrogens is 1. The Morgan fingerprint density at radius 2 is 1.92 bits per heavy atom. The first kappa shape index (κ1) is 18.3. The molecule has 0 bridgehead atoms. The molecule has 1 saturated heterocycles. The molecular formula is C19H25N5O2. The average molecular weight is 355 g/mol. The third-order valence-electron chi connectivity index (χ3n) is 4.63. The predicted molar refractivity (Wildman–Crippen MR) is 99.1 cm³/mol. The maximum Gasteiger partial charge on any atom is 0.255 e. The second-order valence-electron chi connectivity index (χ2n) is 6.83. The molecule has 1 aliphatic heterocycles. The number of aromatic nitrogens is 3. The van der Waals surface area contributed by atoms with Crippen LogP contribution in [0.1, 0.15) is 39.7 Å². The minimum absolute atomic E-state index is 0.0435. The standard InChI is InChI=1S/C19H25N5O2/c1-13-5-6-17(14(2)20-13)19(26)24-8-4-7-23(9-10-24)12-16-11-18(25)22-15(3)21-16/h5-6,11H,4,7-10,12H2,1-3H3,(H,21,22,25). The summed E-state index contributed by atoms with van der Waals surface area (Å²) in [6.07, 6.45) is 0.895. The summed E-state index contributed by atoms with van der Waals surface area (Å²) in [7, 11) is 0. The lowest BCUT2D eigenvalue weighted by atomic mass is 10.1. The van der Waals surface area contributed by atoms with Gasteiger partial charge < -0.3 is 9.88 Å². The third kappa shape index (κ3) is 4.35. The Morgan fingerprint density at radius 3 is 2.65 bits per heavy atom. The van der Waals surface area contributed by atoms with Gasteiger partial charge in [0.1, 0.15) is 5.82 Å². The lowest BCUT2D eigenvalue weighted by Crippen LogP contribution is -2.35. The number of aromatic amines is 1. The second kappa shape index (κ2) is 7.78. The lowest BCUT2D eigenvalue weighted by molar-refractivity contribution is 0.0760. The Labute approximate surface area is 153 Å². The highest BCUT2D eigenvalue weighted by atomic mass is 16.2. The van der Waals surface area contributed by atoms with Crippen LogP contribution in [0.25, 0.3) is 0 Å². The summed E-state index contributed by atoms with van der Waals surface area (Å²) >= 11 is 0. The molecule has 1 aliphatic rings. The van der Waals surface area contributed by atoms with E-state index in [1.165, 1.54) is 0 Å². The molecule has 0 radical (unpaired) electrons. The zero-order valence-corrected chi connectivity index (χ0v) is 15.6. The van der Waals surface area contributed by atoms with Crippen LogP contribution in [0.4, 0.5) is 0 Å². The van der Waals surface area contributed by atoms with Crippen LogP contribution in [-0.2, 0) is 6.54 Å². The van der Waals surface area contributed by atoms with Crippen LogP contribution in [0.2, 0.25) is 0 Å². The SMILES string of the molecule is Cc1ccc(C(=O)N2CCCN(Cc3cc(=O)[nH]c(C)n3)CC2)c(C)n1. The number of nitrogens with one attached hydrogen (secondary N) is 1. The topological polar surface area (TPSA) is 82.2 Å². The van der Waals surface area contributed by atoms with Gasteiger partial charge in [0.15, 0.2) is 0 Å². The summed E-state index contributed by atoms with van der Waals surface area (Å²) in [6, 6.07) is 5.29. The lowest BCUT2D eigenvalue weighted by Gasteiger charge is -2.22. The maximum absolute atomic E-state index is 12.8. The molecule has 7 heteroatoms. The maximum atomic E-state index is 12.8. The first-order valence-electron chi connectivity index (χ1n) is 8.95. The molecular weight excluding hydrogens is 330 g/mol. The van der Waals surface area contributed by atoms with Crippen molar-refractivity contribution in [2.75, 3.05) is 26.2 Å². The first-order chi connectivity index (χ1) is 12.4. The highest BCUT2D eigenvalue weighted by Gasteiger charge is 2.22. The van der Waals surface area contributed by atoms with Gasteiger partial charge in [-0.2, -0.15) is 0 Å². The molecule has 1 N–H and O–H groups in total. The van der Waals surface area contributed by atoms with E-state index in [2.05, 4.69) is 19.9 Å². The summed E-state index contributed by atoms with van der Waals surface area (Å²) in [5.74, 6) is 0.670. The normalized spacial score (nSPS) is 15.7. The number of carbonyl (C=O) groups excluding carboxylic acids is 1. The molecule has 0 atom stereocenters. The Balaban J connectivity index is 1.66. The van der Waals surface area contributed by atoms with E-state index in [4.69, 9.17) is 0 Å². The van der Waals surface area contributed by atoms with Crippen molar-refractivity contribution in [3.8, 4) is 0 Å². The van der Waals surface area contributed by atoms with E-state index in [1.807, 2.05) is 30.9 Å². The number of nitrogens with zero attached hydrogens (tertiary/aromatic N) is 4. The van der Waals surface area contributed by atoms with Crippen LogP contribution in [-0.4, -0.2) is 56.8 Å². The molecule has 0 aromatic carbocycles. The molecule has 0 spiro atoms. The largest absolute Gasteiger partial charge is 0.337 e. The summed E-state index contributed by atoms with van der Waals surface area (Å²) in [4.78, 5) is 40.1. The van der Waals surface area contributed by atoms with Crippen LogP contribution < -0.4 is 5.56 Å². The van der Waals surface area contributed by atoms with E-state index in [1.54, 1.807) is 13.0 Å². The van der Waals surface area contributed by atoms with Crippen molar-refractivity contribution in [1.82, 2.24) is 24.8 Å². The summed E-state index contributed by atoms with van der Waals surface area (Å²) in [6.45, 7) is 9.24. The molecule has 2 aromatic rings. The van der Waals surface area contributed by atoms with Gasteiger partial charge in [-0.1, -0.05) is 0 Å². The summed E-state index contributed by atoms with van der Waals surface area (Å²) in [5.41, 5.74) is 3.02. The van der Waals surface area contributed by atoms with Gasteiger partial charge in [-0.25, -0.2) is 4.98 Å². The highest BCUT2D eigenvalue weighted by molar-refractivity contribution is 5.95. The predicted octanol–water partition coefficient (Wildman–Crippen LogP) is 1.44. The van der Waals surface area contributed by atoms with Crippen molar-refractivity contribution in [2.45, 2.75) is 33.7 Å². The fourth-order valence-electron chi connectivity index (χ4n) is 3.37. The first-order valence-corrected chi connectivity index (χ1v) is 8.95. The second-order valence-corrected chi connectivity index (χ2v) is 6.83. The smallest absolute Gasteiger partial charge is 0.255 e. The summed E-state index contributed by atoms with van der Waals surface area (Å²) < 4.78 is 0. The van der Waals surface area contributed by atoms with Gasteiger partial charge >= 0.3 is 0 Å². The number of aryl methyl sites for hydroxylation is 3. The summed E-state index contributed by atoms with van der Waals surface area (Å²) in [5, 5.41) is 0. The Hall–Kier alpha value is -2.54. The van der Waals surface area contributed by atoms with Gasteiger partial charge in [-0.05, 0) is 39.3 Å². The minimum Gasteiger partial charge on any atom is -0.337 e. The molecule has 0 aliphatic carbocycles. The zero-order chi connectivity index (χ0) is 18.7. The average Bonchev–Trinajstić information content (AvgIpc) is 2.79. The van der Waals surface area contributed by atoms with E-state index in [0.29, 0.717) is 24.5 Å². The highest BCUT2D eigenvalue weighted by Crippen LogP contribution is 2.13. The van der Waals surface area contributed by atoms with Crippen molar-refractivity contribution in [3.05, 3.63) is 57.0 Å². The number of rotatable bonds is 3. The molecule has 138 valence electrons. The van der Waals surface area contributed by atoms with Crippen molar-refractivity contribution >= 4 is 5.91 Å². The zero-order valence-electron chi connectivity index (χ0n) is 15.6. The molecule has 7 nitrogen and oxygen atoms in total. The Kier molecular flexibility index (Phi) is 5.46. The monoisotopic (exact) mass is 355 g/mol. The molecule has 26 heavy (non-hydrogen) atoms. The molecule has 1 amide bonds. The Bertz CT molecular complexity index is 861. The van der Waals surface area contributed by atoms with Crippen LogP contribution in [0.5, 0.6) is 0 Å². The molecule has 2 aromatic heterocycles. The fourth-order valence-corrected chi connectivity index (χ4v) is 3.37. The van der Waals surface area contributed by atoms with Gasteiger partial charge in [0.2, 0.25) is 0 Å².